The summed E-state index contributed by atoms with van der Waals surface area (Å²) < 4.78 is 0. The zero-order valence-corrected chi connectivity index (χ0v) is 8.73. The number of rotatable bonds is 4. The van der Waals surface area contributed by atoms with Crippen LogP contribution in [0.4, 0.5) is 0 Å². The lowest BCUT2D eigenvalue weighted by Gasteiger charge is -2.22. The third-order valence-electron chi connectivity index (χ3n) is 2.63. The molecule has 1 aliphatic rings. The Hall–Kier alpha value is -1.39. The van der Waals surface area contributed by atoms with Gasteiger partial charge in [-0.3, -0.25) is 14.4 Å². The van der Waals surface area contributed by atoms with Crippen LogP contribution >= 0.6 is 0 Å². The number of carboxylic acid groups (broad SMARTS) is 1. The molecule has 1 atom stereocenters. The Morgan fingerprint density at radius 1 is 1.40 bits per heavy atom. The van der Waals surface area contributed by atoms with E-state index in [1.807, 2.05) is 0 Å². The van der Waals surface area contributed by atoms with Crippen LogP contribution in [0.2, 0.25) is 0 Å². The average Bonchev–Trinajstić information content (AvgIpc) is 2.60. The van der Waals surface area contributed by atoms with Gasteiger partial charge in [0.05, 0.1) is 0 Å². The Balaban J connectivity index is 2.53. The molecule has 1 aliphatic heterocycles. The second-order valence-corrected chi connectivity index (χ2v) is 3.78. The van der Waals surface area contributed by atoms with Gasteiger partial charge in [0.15, 0.2) is 0 Å². The van der Waals surface area contributed by atoms with Crippen LogP contribution in [0.5, 0.6) is 0 Å². The quantitative estimate of drug-likeness (QED) is 0.687. The van der Waals surface area contributed by atoms with E-state index in [1.165, 1.54) is 11.8 Å². The highest BCUT2D eigenvalue weighted by Gasteiger charge is 2.30. The van der Waals surface area contributed by atoms with Crippen molar-refractivity contribution in [3.8, 4) is 0 Å². The van der Waals surface area contributed by atoms with E-state index in [-0.39, 0.29) is 12.5 Å². The highest BCUT2D eigenvalue weighted by atomic mass is 16.4. The molecule has 15 heavy (non-hydrogen) atoms. The Bertz CT molecular complexity index is 287. The molecule has 1 N–H and O–H groups in total. The largest absolute Gasteiger partial charge is 0.481 e. The van der Waals surface area contributed by atoms with E-state index in [9.17, 15) is 14.4 Å². The van der Waals surface area contributed by atoms with Gasteiger partial charge in [-0.1, -0.05) is 0 Å². The van der Waals surface area contributed by atoms with E-state index >= 15 is 0 Å². The summed E-state index contributed by atoms with van der Waals surface area (Å²) in [6.45, 7) is 1.82. The van der Waals surface area contributed by atoms with Crippen LogP contribution in [0.3, 0.4) is 0 Å². The van der Waals surface area contributed by atoms with Gasteiger partial charge in [-0.05, 0) is 19.3 Å². The molecule has 0 aromatic carbocycles. The molecular formula is C10H15NO4. The Labute approximate surface area is 88.1 Å². The minimum Gasteiger partial charge on any atom is -0.481 e. The topological polar surface area (TPSA) is 74.7 Å². The summed E-state index contributed by atoms with van der Waals surface area (Å²) in [4.78, 5) is 34.2. The van der Waals surface area contributed by atoms with E-state index in [2.05, 4.69) is 0 Å². The fourth-order valence-electron chi connectivity index (χ4n) is 1.90. The Morgan fingerprint density at radius 2 is 2.07 bits per heavy atom. The summed E-state index contributed by atoms with van der Waals surface area (Å²) >= 11 is 0. The van der Waals surface area contributed by atoms with Crippen LogP contribution < -0.4 is 0 Å². The minimum atomic E-state index is -0.864. The molecule has 0 aromatic heterocycles. The number of aliphatic carboxylic acids is 1. The van der Waals surface area contributed by atoms with E-state index < -0.39 is 17.7 Å². The number of likely N-dealkylation sites (tertiary alicyclic amines) is 1. The summed E-state index contributed by atoms with van der Waals surface area (Å²) in [5, 5.41) is 8.54. The van der Waals surface area contributed by atoms with Crippen molar-refractivity contribution in [1.82, 2.24) is 4.90 Å². The minimum absolute atomic E-state index is 0.0480. The molecule has 1 saturated heterocycles. The average molecular weight is 213 g/mol. The standard InChI is InChI=1S/C10H15NO4/c1-7(12)10(15)11-6-2-3-8(11)4-5-9(13)14/h8H,2-6H2,1H3,(H,13,14). The molecule has 5 nitrogen and oxygen atoms in total. The number of nitrogens with zero attached hydrogens (tertiary/aromatic N) is 1. The number of carbonyl (C=O) groups is 3. The Morgan fingerprint density at radius 3 is 2.60 bits per heavy atom. The van der Waals surface area contributed by atoms with Gasteiger partial charge in [-0.15, -0.1) is 0 Å². The molecule has 0 bridgehead atoms. The molecule has 84 valence electrons. The third kappa shape index (κ3) is 3.04. The van der Waals surface area contributed by atoms with Crippen molar-refractivity contribution in [2.45, 2.75) is 38.6 Å². The first-order chi connectivity index (χ1) is 7.02. The van der Waals surface area contributed by atoms with E-state index in [4.69, 9.17) is 5.11 Å². The van der Waals surface area contributed by atoms with Crippen LogP contribution in [0.15, 0.2) is 0 Å². The van der Waals surface area contributed by atoms with Crippen molar-refractivity contribution in [2.75, 3.05) is 6.54 Å². The zero-order chi connectivity index (χ0) is 11.4. The fourth-order valence-corrected chi connectivity index (χ4v) is 1.90. The highest BCUT2D eigenvalue weighted by molar-refractivity contribution is 6.35. The lowest BCUT2D eigenvalue weighted by Crippen LogP contribution is -2.39. The summed E-state index contributed by atoms with van der Waals surface area (Å²) in [6.07, 6.45) is 2.14. The zero-order valence-electron chi connectivity index (χ0n) is 8.73. The molecule has 1 fully saturated rings. The first-order valence-electron chi connectivity index (χ1n) is 5.05. The monoisotopic (exact) mass is 213 g/mol. The van der Waals surface area contributed by atoms with Crippen LogP contribution in [-0.4, -0.2) is 40.3 Å². The van der Waals surface area contributed by atoms with Gasteiger partial charge in [-0.25, -0.2) is 0 Å². The maximum Gasteiger partial charge on any atom is 0.303 e. The number of carbonyl (C=O) groups excluding carboxylic acids is 2. The smallest absolute Gasteiger partial charge is 0.303 e. The number of amides is 1. The number of hydrogen-bond donors (Lipinski definition) is 1. The van der Waals surface area contributed by atoms with Gasteiger partial charge in [-0.2, -0.15) is 0 Å². The third-order valence-corrected chi connectivity index (χ3v) is 2.63. The van der Waals surface area contributed by atoms with Gasteiger partial charge < -0.3 is 10.0 Å². The lowest BCUT2D eigenvalue weighted by molar-refractivity contribution is -0.144. The van der Waals surface area contributed by atoms with Gasteiger partial charge in [0.1, 0.15) is 0 Å². The van der Waals surface area contributed by atoms with Gasteiger partial charge in [0.25, 0.3) is 5.91 Å². The molecule has 1 amide bonds. The molecule has 1 heterocycles. The highest BCUT2D eigenvalue weighted by Crippen LogP contribution is 2.21. The second kappa shape index (κ2) is 4.91. The van der Waals surface area contributed by atoms with E-state index in [0.29, 0.717) is 13.0 Å². The predicted octanol–water partition coefficient (Wildman–Crippen LogP) is 0.431. The number of carboxylic acids is 1. The van der Waals surface area contributed by atoms with Crippen molar-refractivity contribution in [1.29, 1.82) is 0 Å². The van der Waals surface area contributed by atoms with Crippen LogP contribution in [0, 0.1) is 0 Å². The molecule has 0 spiro atoms. The van der Waals surface area contributed by atoms with Crippen molar-refractivity contribution in [3.63, 3.8) is 0 Å². The summed E-state index contributed by atoms with van der Waals surface area (Å²) in [7, 11) is 0. The number of Topliss-reactive ketones (excluding diaryl/α,β-unsaturated/α-hetero) is 1. The molecule has 0 saturated carbocycles. The molecule has 0 aliphatic carbocycles. The van der Waals surface area contributed by atoms with Crippen molar-refractivity contribution in [2.24, 2.45) is 0 Å². The summed E-state index contributed by atoms with van der Waals surface area (Å²) in [6, 6.07) is -0.0718. The van der Waals surface area contributed by atoms with Gasteiger partial charge in [0.2, 0.25) is 5.78 Å². The van der Waals surface area contributed by atoms with Crippen LogP contribution in [0.1, 0.15) is 32.6 Å². The van der Waals surface area contributed by atoms with E-state index in [0.717, 1.165) is 12.8 Å². The van der Waals surface area contributed by atoms with Crippen molar-refractivity contribution < 1.29 is 19.5 Å². The van der Waals surface area contributed by atoms with E-state index in [1.54, 1.807) is 0 Å². The Kier molecular flexibility index (Phi) is 3.82. The summed E-state index contributed by atoms with van der Waals surface area (Å²) in [5.74, 6) is -1.82. The molecule has 1 unspecified atom stereocenters. The number of hydrogen-bond acceptors (Lipinski definition) is 3. The number of ketones is 1. The van der Waals surface area contributed by atoms with Crippen LogP contribution in [0.25, 0.3) is 0 Å². The van der Waals surface area contributed by atoms with Crippen molar-refractivity contribution in [3.05, 3.63) is 0 Å². The lowest BCUT2D eigenvalue weighted by atomic mass is 10.1. The van der Waals surface area contributed by atoms with Gasteiger partial charge in [0, 0.05) is 25.9 Å². The van der Waals surface area contributed by atoms with Crippen molar-refractivity contribution >= 4 is 17.7 Å². The first kappa shape index (κ1) is 11.7. The summed E-state index contributed by atoms with van der Waals surface area (Å²) in [5.41, 5.74) is 0. The fraction of sp³-hybridized carbons (Fsp3) is 0.700. The predicted molar refractivity (Wildman–Crippen MR) is 52.3 cm³/mol. The van der Waals surface area contributed by atoms with Gasteiger partial charge >= 0.3 is 5.97 Å². The molecule has 0 radical (unpaired) electrons. The molecular weight excluding hydrogens is 198 g/mol. The molecule has 5 heteroatoms. The second-order valence-electron chi connectivity index (χ2n) is 3.78. The van der Waals surface area contributed by atoms with Crippen LogP contribution in [-0.2, 0) is 14.4 Å². The SMILES string of the molecule is CC(=O)C(=O)N1CCCC1CCC(=O)O. The first-order valence-corrected chi connectivity index (χ1v) is 5.05. The molecule has 0 aromatic rings. The maximum atomic E-state index is 11.4. The normalized spacial score (nSPS) is 20.3. The molecule has 1 rings (SSSR count). The maximum absolute atomic E-state index is 11.4.